The molecule has 5 nitrogen and oxygen atoms in total. The molecule has 0 aliphatic rings. The van der Waals surface area contributed by atoms with Gasteiger partial charge in [0.2, 0.25) is 0 Å². The molecule has 0 N–H and O–H groups in total. The van der Waals surface area contributed by atoms with E-state index in [1.165, 1.54) is 12.3 Å². The molecule has 0 radical (unpaired) electrons. The van der Waals surface area contributed by atoms with Gasteiger partial charge in [-0.15, -0.1) is 0 Å². The van der Waals surface area contributed by atoms with Gasteiger partial charge in [0.15, 0.2) is 0 Å². The van der Waals surface area contributed by atoms with Crippen LogP contribution in [0.1, 0.15) is 41.7 Å². The first-order valence-corrected chi connectivity index (χ1v) is 10.3. The molecule has 3 rings (SSSR count). The second kappa shape index (κ2) is 10.9. The smallest absolute Gasteiger partial charge is 0.265 e. The minimum absolute atomic E-state index is 0.124. The zero-order chi connectivity index (χ0) is 23.1. The van der Waals surface area contributed by atoms with Gasteiger partial charge in [0.1, 0.15) is 17.3 Å². The fourth-order valence-corrected chi connectivity index (χ4v) is 3.41. The minimum atomic E-state index is -2.60. The molecule has 0 bridgehead atoms. The summed E-state index contributed by atoms with van der Waals surface area (Å²) < 4.78 is 42.7. The lowest BCUT2D eigenvalue weighted by Crippen LogP contribution is -2.25. The van der Waals surface area contributed by atoms with Crippen molar-refractivity contribution in [3.8, 4) is 11.5 Å². The van der Waals surface area contributed by atoms with E-state index in [0.717, 1.165) is 22.6 Å². The zero-order valence-corrected chi connectivity index (χ0v) is 18.7. The van der Waals surface area contributed by atoms with Crippen LogP contribution in [0.3, 0.4) is 0 Å². The molecule has 0 spiro atoms. The topological polar surface area (TPSA) is 43.8 Å². The Labute approximate surface area is 187 Å². The average Bonchev–Trinajstić information content (AvgIpc) is 2.83. The number of nitrogens with zero attached hydrogens (tertiary/aromatic N) is 2. The van der Waals surface area contributed by atoms with E-state index in [2.05, 4.69) is 9.88 Å². The van der Waals surface area contributed by atoms with Crippen LogP contribution in [-0.2, 0) is 17.8 Å². The van der Waals surface area contributed by atoms with Crippen LogP contribution in [0.4, 0.5) is 14.6 Å². The van der Waals surface area contributed by atoms with Crippen LogP contribution in [0.15, 0.2) is 60.8 Å². The lowest BCUT2D eigenvalue weighted by Gasteiger charge is -2.28. The van der Waals surface area contributed by atoms with Crippen LogP contribution in [0.5, 0.6) is 11.5 Å². The molecule has 7 heteroatoms. The van der Waals surface area contributed by atoms with Gasteiger partial charge in [-0.05, 0) is 48.4 Å². The van der Waals surface area contributed by atoms with E-state index in [1.54, 1.807) is 21.3 Å². The number of benzene rings is 2. The van der Waals surface area contributed by atoms with Crippen LogP contribution in [0, 0.1) is 0 Å². The summed E-state index contributed by atoms with van der Waals surface area (Å²) >= 11 is 0. The Balaban J connectivity index is 2.01. The molecule has 1 atom stereocenters. The quantitative estimate of drug-likeness (QED) is 0.388. The second-order valence-electron chi connectivity index (χ2n) is 7.41. The highest BCUT2D eigenvalue weighted by Gasteiger charge is 2.21. The normalized spacial score (nSPS) is 12.0. The van der Waals surface area contributed by atoms with Crippen LogP contribution < -0.4 is 14.4 Å². The Morgan fingerprint density at radius 3 is 1.75 bits per heavy atom. The predicted octanol–water partition coefficient (Wildman–Crippen LogP) is 5.95. The monoisotopic (exact) mass is 442 g/mol. The lowest BCUT2D eigenvalue weighted by atomic mass is 10.1. The molecule has 3 aromatic rings. The maximum absolute atomic E-state index is 13.4. The van der Waals surface area contributed by atoms with E-state index in [0.29, 0.717) is 24.5 Å². The first-order chi connectivity index (χ1) is 15.4. The van der Waals surface area contributed by atoms with Crippen molar-refractivity contribution in [2.45, 2.75) is 32.5 Å². The number of hydrogen-bond donors (Lipinski definition) is 0. The highest BCUT2D eigenvalue weighted by molar-refractivity contribution is 5.51. The molecule has 0 aliphatic heterocycles. The van der Waals surface area contributed by atoms with Crippen molar-refractivity contribution in [2.75, 3.05) is 26.2 Å². The summed E-state index contributed by atoms with van der Waals surface area (Å²) in [6.45, 7) is 2.88. The zero-order valence-electron chi connectivity index (χ0n) is 18.7. The van der Waals surface area contributed by atoms with Gasteiger partial charge in [0.05, 0.1) is 20.3 Å². The van der Waals surface area contributed by atoms with E-state index >= 15 is 0 Å². The molecular formula is C25H28F2N2O3. The number of rotatable bonds is 10. The summed E-state index contributed by atoms with van der Waals surface area (Å²) in [5.74, 6) is 2.14. The molecular weight excluding hydrogens is 414 g/mol. The van der Waals surface area contributed by atoms with Crippen molar-refractivity contribution >= 4 is 5.82 Å². The van der Waals surface area contributed by atoms with Crippen molar-refractivity contribution < 1.29 is 23.0 Å². The number of aromatic nitrogens is 1. The number of alkyl halides is 2. The van der Waals surface area contributed by atoms with Crippen LogP contribution in [0.25, 0.3) is 0 Å². The highest BCUT2D eigenvalue weighted by atomic mass is 19.3. The summed E-state index contributed by atoms with van der Waals surface area (Å²) in [6.07, 6.45) is -1.76. The number of anilines is 1. The molecule has 1 aromatic heterocycles. The van der Waals surface area contributed by atoms with E-state index in [9.17, 15) is 8.78 Å². The van der Waals surface area contributed by atoms with Crippen molar-refractivity contribution in [1.29, 1.82) is 0 Å². The second-order valence-corrected chi connectivity index (χ2v) is 7.41. The third-order valence-electron chi connectivity index (χ3n) is 5.32. The van der Waals surface area contributed by atoms with Gasteiger partial charge in [-0.1, -0.05) is 24.3 Å². The fourth-order valence-electron chi connectivity index (χ4n) is 3.41. The van der Waals surface area contributed by atoms with E-state index < -0.39 is 12.5 Å². The molecule has 0 fully saturated rings. The van der Waals surface area contributed by atoms with Gasteiger partial charge in [0, 0.05) is 37.5 Å². The molecule has 0 saturated heterocycles. The third-order valence-corrected chi connectivity index (χ3v) is 5.32. The van der Waals surface area contributed by atoms with Gasteiger partial charge < -0.3 is 19.1 Å². The summed E-state index contributed by atoms with van der Waals surface area (Å²) in [6, 6.07) is 17.0. The molecule has 32 heavy (non-hydrogen) atoms. The minimum Gasteiger partial charge on any atom is -0.497 e. The molecule has 0 amide bonds. The Bertz CT molecular complexity index is 946. The Morgan fingerprint density at radius 2 is 1.34 bits per heavy atom. The number of hydrogen-bond acceptors (Lipinski definition) is 5. The van der Waals surface area contributed by atoms with Crippen molar-refractivity contribution in [3.63, 3.8) is 0 Å². The Morgan fingerprint density at radius 1 is 0.844 bits per heavy atom. The molecule has 0 aliphatic carbocycles. The van der Waals surface area contributed by atoms with Gasteiger partial charge in [-0.3, -0.25) is 0 Å². The SMILES string of the molecule is COc1ccc(CN(Cc2ccc(OC)cc2)c2ncc(C(F)F)cc2C(C)OC)cc1. The molecule has 1 unspecified atom stereocenters. The summed E-state index contributed by atoms with van der Waals surface area (Å²) in [4.78, 5) is 6.50. The van der Waals surface area contributed by atoms with Crippen LogP contribution >= 0.6 is 0 Å². The lowest BCUT2D eigenvalue weighted by molar-refractivity contribution is 0.118. The molecule has 170 valence electrons. The third kappa shape index (κ3) is 5.73. The largest absolute Gasteiger partial charge is 0.497 e. The summed E-state index contributed by atoms with van der Waals surface area (Å²) in [5.41, 5.74) is 2.57. The molecule has 1 heterocycles. The van der Waals surface area contributed by atoms with E-state index in [4.69, 9.17) is 14.2 Å². The Hall–Kier alpha value is -3.19. The van der Waals surface area contributed by atoms with E-state index in [1.807, 2.05) is 55.5 Å². The number of methoxy groups -OCH3 is 3. The van der Waals surface area contributed by atoms with Gasteiger partial charge in [0.25, 0.3) is 6.43 Å². The molecule has 0 saturated carbocycles. The van der Waals surface area contributed by atoms with Crippen molar-refractivity contribution in [3.05, 3.63) is 83.0 Å². The van der Waals surface area contributed by atoms with Gasteiger partial charge in [-0.2, -0.15) is 0 Å². The summed E-state index contributed by atoms with van der Waals surface area (Å²) in [7, 11) is 4.80. The maximum Gasteiger partial charge on any atom is 0.265 e. The van der Waals surface area contributed by atoms with Crippen molar-refractivity contribution in [1.82, 2.24) is 4.98 Å². The van der Waals surface area contributed by atoms with Crippen LogP contribution in [0.2, 0.25) is 0 Å². The van der Waals surface area contributed by atoms with Gasteiger partial charge >= 0.3 is 0 Å². The first kappa shape index (κ1) is 23.5. The maximum atomic E-state index is 13.4. The van der Waals surface area contributed by atoms with Crippen molar-refractivity contribution in [2.24, 2.45) is 0 Å². The first-order valence-electron chi connectivity index (χ1n) is 10.3. The number of halogens is 2. The highest BCUT2D eigenvalue weighted by Crippen LogP contribution is 2.32. The number of ether oxygens (including phenoxy) is 3. The average molecular weight is 443 g/mol. The van der Waals surface area contributed by atoms with Gasteiger partial charge in [-0.25, -0.2) is 13.8 Å². The Kier molecular flexibility index (Phi) is 8.00. The molecule has 2 aromatic carbocycles. The number of pyridine rings is 1. The standard InChI is InChI=1S/C25H28F2N2O3/c1-17(30-2)23-13-20(24(26)27)14-28-25(23)29(15-18-5-9-21(31-3)10-6-18)16-19-7-11-22(32-4)12-8-19/h5-14,17,24H,15-16H2,1-4H3. The summed E-state index contributed by atoms with van der Waals surface area (Å²) in [5, 5.41) is 0. The van der Waals surface area contributed by atoms with E-state index in [-0.39, 0.29) is 5.56 Å². The van der Waals surface area contributed by atoms with Crippen LogP contribution in [-0.4, -0.2) is 26.3 Å². The predicted molar refractivity (Wildman–Crippen MR) is 120 cm³/mol. The fraction of sp³-hybridized carbons (Fsp3) is 0.320.